The number of rotatable bonds is 3. The molecule has 0 saturated carbocycles. The SMILES string of the molecule is CC(C)(C(=O)N1CCC[C@@H](N)C1)S(=O)(=O)c1ccc(Br)cc1. The van der Waals surface area contributed by atoms with Crippen molar-refractivity contribution in [2.45, 2.75) is 42.4 Å². The Morgan fingerprint density at radius 3 is 2.45 bits per heavy atom. The van der Waals surface area contributed by atoms with E-state index in [9.17, 15) is 13.2 Å². The quantitative estimate of drug-likeness (QED) is 0.857. The first-order valence-corrected chi connectivity index (χ1v) is 9.49. The Bertz CT molecular complexity index is 656. The van der Waals surface area contributed by atoms with Gasteiger partial charge in [-0.05, 0) is 51.0 Å². The van der Waals surface area contributed by atoms with Gasteiger partial charge in [-0.1, -0.05) is 15.9 Å². The van der Waals surface area contributed by atoms with Crippen LogP contribution >= 0.6 is 15.9 Å². The fourth-order valence-electron chi connectivity index (χ4n) is 2.60. The molecule has 2 rings (SSSR count). The van der Waals surface area contributed by atoms with Gasteiger partial charge in [0.15, 0.2) is 9.84 Å². The molecular weight excluding hydrogens is 368 g/mol. The number of carbonyl (C=O) groups excluding carboxylic acids is 1. The number of hydrogen-bond donors (Lipinski definition) is 1. The zero-order valence-electron chi connectivity index (χ0n) is 12.8. The summed E-state index contributed by atoms with van der Waals surface area (Å²) in [7, 11) is -3.77. The molecule has 1 aliphatic rings. The van der Waals surface area contributed by atoms with Gasteiger partial charge in [0.05, 0.1) is 4.90 Å². The highest BCUT2D eigenvalue weighted by atomic mass is 79.9. The molecule has 0 unspecified atom stereocenters. The highest BCUT2D eigenvalue weighted by Gasteiger charge is 2.45. The fraction of sp³-hybridized carbons (Fsp3) is 0.533. The number of amides is 1. The number of likely N-dealkylation sites (tertiary alicyclic amines) is 1. The van der Waals surface area contributed by atoms with Crippen LogP contribution in [0, 0.1) is 0 Å². The average Bonchev–Trinajstić information content (AvgIpc) is 2.46. The van der Waals surface area contributed by atoms with Crippen molar-refractivity contribution < 1.29 is 13.2 Å². The molecule has 1 amide bonds. The zero-order chi connectivity index (χ0) is 16.5. The number of hydrogen-bond acceptors (Lipinski definition) is 4. The predicted octanol–water partition coefficient (Wildman–Crippen LogP) is 1.95. The van der Waals surface area contributed by atoms with Gasteiger partial charge in [-0.25, -0.2) is 8.42 Å². The Morgan fingerprint density at radius 1 is 1.32 bits per heavy atom. The summed E-state index contributed by atoms with van der Waals surface area (Å²) in [6.07, 6.45) is 1.67. The summed E-state index contributed by atoms with van der Waals surface area (Å²) in [6, 6.07) is 6.25. The van der Waals surface area contributed by atoms with Crippen LogP contribution in [0.1, 0.15) is 26.7 Å². The molecule has 0 radical (unpaired) electrons. The Balaban J connectivity index is 2.31. The minimum atomic E-state index is -3.77. The standard InChI is InChI=1S/C15H21BrN2O3S/c1-15(2,14(19)18-9-3-4-12(17)10-18)22(20,21)13-7-5-11(16)6-8-13/h5-8,12H,3-4,9-10,17H2,1-2H3/t12-/m1/s1. The van der Waals surface area contributed by atoms with E-state index in [0.29, 0.717) is 13.1 Å². The van der Waals surface area contributed by atoms with Gasteiger partial charge in [-0.15, -0.1) is 0 Å². The van der Waals surface area contributed by atoms with Crippen LogP contribution in [0.4, 0.5) is 0 Å². The van der Waals surface area contributed by atoms with E-state index in [4.69, 9.17) is 5.73 Å². The predicted molar refractivity (Wildman–Crippen MR) is 89.2 cm³/mol. The maximum Gasteiger partial charge on any atom is 0.243 e. The maximum absolute atomic E-state index is 12.8. The molecule has 2 N–H and O–H groups in total. The van der Waals surface area contributed by atoms with Gasteiger partial charge >= 0.3 is 0 Å². The Labute approximate surface area is 139 Å². The van der Waals surface area contributed by atoms with Crippen LogP contribution in [0.5, 0.6) is 0 Å². The lowest BCUT2D eigenvalue weighted by Gasteiger charge is -2.36. The first kappa shape index (κ1) is 17.4. The van der Waals surface area contributed by atoms with E-state index in [0.717, 1.165) is 17.3 Å². The molecule has 0 aliphatic carbocycles. The first-order valence-electron chi connectivity index (χ1n) is 7.21. The molecule has 7 heteroatoms. The van der Waals surface area contributed by atoms with Gasteiger partial charge in [0.25, 0.3) is 0 Å². The average molecular weight is 389 g/mol. The number of benzene rings is 1. The molecule has 1 atom stereocenters. The Morgan fingerprint density at radius 2 is 1.91 bits per heavy atom. The number of sulfone groups is 1. The van der Waals surface area contributed by atoms with Crippen molar-refractivity contribution in [3.8, 4) is 0 Å². The molecule has 5 nitrogen and oxygen atoms in total. The lowest BCUT2D eigenvalue weighted by Crippen LogP contribution is -2.54. The third-order valence-electron chi connectivity index (χ3n) is 4.06. The van der Waals surface area contributed by atoms with Crippen LogP contribution in [-0.4, -0.2) is 43.1 Å². The van der Waals surface area contributed by atoms with Gasteiger partial charge in [0.1, 0.15) is 4.75 Å². The molecule has 0 aromatic heterocycles. The maximum atomic E-state index is 12.8. The molecule has 122 valence electrons. The Hall–Kier alpha value is -0.920. The van der Waals surface area contributed by atoms with Crippen molar-refractivity contribution in [3.63, 3.8) is 0 Å². The van der Waals surface area contributed by atoms with Crippen LogP contribution < -0.4 is 5.73 Å². The summed E-state index contributed by atoms with van der Waals surface area (Å²) in [6.45, 7) is 3.91. The second-order valence-electron chi connectivity index (χ2n) is 6.12. The van der Waals surface area contributed by atoms with E-state index in [1.165, 1.54) is 26.0 Å². The molecule has 1 saturated heterocycles. The summed E-state index contributed by atoms with van der Waals surface area (Å²) in [5, 5.41) is 0. The molecule has 1 fully saturated rings. The van der Waals surface area contributed by atoms with Crippen LogP contribution in [0.2, 0.25) is 0 Å². The van der Waals surface area contributed by atoms with Crippen molar-refractivity contribution in [2.75, 3.05) is 13.1 Å². The monoisotopic (exact) mass is 388 g/mol. The topological polar surface area (TPSA) is 80.5 Å². The highest BCUT2D eigenvalue weighted by Crippen LogP contribution is 2.29. The Kier molecular flexibility index (Phi) is 4.99. The lowest BCUT2D eigenvalue weighted by atomic mass is 10.0. The minimum absolute atomic E-state index is 0.0797. The van der Waals surface area contributed by atoms with Crippen LogP contribution in [0.3, 0.4) is 0 Å². The van der Waals surface area contributed by atoms with E-state index in [-0.39, 0.29) is 16.8 Å². The second-order valence-corrected chi connectivity index (χ2v) is 9.54. The number of piperidine rings is 1. The van der Waals surface area contributed by atoms with Crippen LogP contribution in [0.15, 0.2) is 33.6 Å². The molecule has 22 heavy (non-hydrogen) atoms. The summed E-state index contributed by atoms with van der Waals surface area (Å²) in [4.78, 5) is 14.5. The van der Waals surface area contributed by atoms with Crippen LogP contribution in [0.25, 0.3) is 0 Å². The van der Waals surface area contributed by atoms with Gasteiger partial charge in [-0.3, -0.25) is 4.79 Å². The van der Waals surface area contributed by atoms with Gasteiger partial charge in [0, 0.05) is 23.6 Å². The third-order valence-corrected chi connectivity index (χ3v) is 7.00. The molecule has 0 bridgehead atoms. The molecule has 1 aliphatic heterocycles. The zero-order valence-corrected chi connectivity index (χ0v) is 15.2. The van der Waals surface area contributed by atoms with E-state index < -0.39 is 14.6 Å². The summed E-state index contributed by atoms with van der Waals surface area (Å²) in [5.41, 5.74) is 5.89. The number of halogens is 1. The van der Waals surface area contributed by atoms with Crippen molar-refractivity contribution in [1.82, 2.24) is 4.90 Å². The third kappa shape index (κ3) is 3.21. The number of nitrogens with two attached hydrogens (primary N) is 1. The van der Waals surface area contributed by atoms with E-state index in [1.54, 1.807) is 17.0 Å². The van der Waals surface area contributed by atoms with Crippen molar-refractivity contribution in [2.24, 2.45) is 5.73 Å². The highest BCUT2D eigenvalue weighted by molar-refractivity contribution is 9.10. The summed E-state index contributed by atoms with van der Waals surface area (Å²) in [5.74, 6) is -0.384. The molecule has 0 spiro atoms. The molecule has 1 aromatic rings. The smallest absolute Gasteiger partial charge is 0.243 e. The second kappa shape index (κ2) is 6.29. The summed E-state index contributed by atoms with van der Waals surface area (Å²) < 4.78 is 24.9. The fourth-order valence-corrected chi connectivity index (χ4v) is 4.31. The lowest BCUT2D eigenvalue weighted by molar-refractivity contribution is -0.134. The van der Waals surface area contributed by atoms with Crippen molar-refractivity contribution >= 4 is 31.7 Å². The van der Waals surface area contributed by atoms with Crippen molar-refractivity contribution in [3.05, 3.63) is 28.7 Å². The van der Waals surface area contributed by atoms with Crippen molar-refractivity contribution in [1.29, 1.82) is 0 Å². The first-order chi connectivity index (χ1) is 10.2. The van der Waals surface area contributed by atoms with Gasteiger partial charge < -0.3 is 10.6 Å². The molecule has 1 heterocycles. The molecular formula is C15H21BrN2O3S. The summed E-state index contributed by atoms with van der Waals surface area (Å²) >= 11 is 3.28. The number of nitrogens with zero attached hydrogens (tertiary/aromatic N) is 1. The van der Waals surface area contributed by atoms with E-state index >= 15 is 0 Å². The minimum Gasteiger partial charge on any atom is -0.340 e. The van der Waals surface area contributed by atoms with E-state index in [1.807, 2.05) is 0 Å². The largest absolute Gasteiger partial charge is 0.340 e. The van der Waals surface area contributed by atoms with E-state index in [2.05, 4.69) is 15.9 Å². The molecule has 1 aromatic carbocycles. The van der Waals surface area contributed by atoms with Gasteiger partial charge in [0.2, 0.25) is 5.91 Å². The number of carbonyl (C=O) groups is 1. The van der Waals surface area contributed by atoms with Gasteiger partial charge in [-0.2, -0.15) is 0 Å². The normalized spacial score (nSPS) is 20.0. The van der Waals surface area contributed by atoms with Crippen LogP contribution in [-0.2, 0) is 14.6 Å².